The maximum atomic E-state index is 11.7. The molecule has 3 nitrogen and oxygen atoms in total. The van der Waals surface area contributed by atoms with Crippen LogP contribution in [0.1, 0.15) is 18.4 Å². The minimum atomic E-state index is 0.0432. The monoisotopic (exact) mass is 238 g/mol. The first kappa shape index (κ1) is 11.4. The van der Waals surface area contributed by atoms with Crippen LogP contribution >= 0.6 is 11.6 Å². The zero-order valence-corrected chi connectivity index (χ0v) is 9.92. The minimum absolute atomic E-state index is 0.0432. The number of amides is 1. The summed E-state index contributed by atoms with van der Waals surface area (Å²) in [4.78, 5) is 11.7. The van der Waals surface area contributed by atoms with E-state index < -0.39 is 0 Å². The van der Waals surface area contributed by atoms with Crippen molar-refractivity contribution >= 4 is 23.2 Å². The van der Waals surface area contributed by atoms with Gasteiger partial charge >= 0.3 is 0 Å². The molecule has 0 aliphatic heterocycles. The van der Waals surface area contributed by atoms with Crippen molar-refractivity contribution in [2.45, 2.75) is 25.8 Å². The Kier molecular flexibility index (Phi) is 3.17. The van der Waals surface area contributed by atoms with Gasteiger partial charge in [0.05, 0.1) is 0 Å². The van der Waals surface area contributed by atoms with Crippen LogP contribution in [-0.2, 0) is 4.79 Å². The second-order valence-electron chi connectivity index (χ2n) is 4.38. The van der Waals surface area contributed by atoms with Crippen LogP contribution in [0, 0.1) is 12.8 Å². The van der Waals surface area contributed by atoms with Gasteiger partial charge in [-0.25, -0.2) is 0 Å². The Morgan fingerprint density at radius 2 is 2.19 bits per heavy atom. The summed E-state index contributed by atoms with van der Waals surface area (Å²) in [5.74, 6) is 0.108. The summed E-state index contributed by atoms with van der Waals surface area (Å²) in [5, 5.41) is 3.52. The Morgan fingerprint density at radius 1 is 1.50 bits per heavy atom. The molecule has 4 heteroatoms. The normalized spacial score (nSPS) is 23.7. The number of hydrogen-bond donors (Lipinski definition) is 2. The second-order valence-corrected chi connectivity index (χ2v) is 4.79. The molecule has 1 aliphatic rings. The molecular formula is C12H15ClN2O. The van der Waals surface area contributed by atoms with E-state index in [0.717, 1.165) is 24.1 Å². The molecule has 0 aromatic heterocycles. The first-order valence-corrected chi connectivity index (χ1v) is 5.76. The first-order chi connectivity index (χ1) is 7.56. The molecule has 0 unspecified atom stereocenters. The molecule has 16 heavy (non-hydrogen) atoms. The van der Waals surface area contributed by atoms with Crippen molar-refractivity contribution in [1.29, 1.82) is 0 Å². The molecule has 2 rings (SSSR count). The summed E-state index contributed by atoms with van der Waals surface area (Å²) in [5.41, 5.74) is 7.40. The van der Waals surface area contributed by atoms with Crippen molar-refractivity contribution in [2.75, 3.05) is 5.32 Å². The Morgan fingerprint density at radius 3 is 2.75 bits per heavy atom. The maximum Gasteiger partial charge on any atom is 0.227 e. The number of aryl methyl sites for hydroxylation is 1. The predicted octanol–water partition coefficient (Wildman–Crippen LogP) is 2.32. The van der Waals surface area contributed by atoms with E-state index in [4.69, 9.17) is 17.3 Å². The third kappa shape index (κ3) is 2.36. The van der Waals surface area contributed by atoms with E-state index in [-0.39, 0.29) is 17.9 Å². The van der Waals surface area contributed by atoms with Crippen LogP contribution in [0.3, 0.4) is 0 Å². The van der Waals surface area contributed by atoms with Crippen molar-refractivity contribution in [2.24, 2.45) is 11.7 Å². The van der Waals surface area contributed by atoms with Crippen molar-refractivity contribution in [3.8, 4) is 0 Å². The van der Waals surface area contributed by atoms with Gasteiger partial charge < -0.3 is 11.1 Å². The van der Waals surface area contributed by atoms with E-state index in [1.54, 1.807) is 6.07 Å². The SMILES string of the molecule is Cc1ccc(NC(=O)C2CC(N)C2)cc1Cl. The lowest BCUT2D eigenvalue weighted by molar-refractivity contribution is -0.122. The largest absolute Gasteiger partial charge is 0.328 e. The molecule has 1 saturated carbocycles. The number of carbonyl (C=O) groups is 1. The Hall–Kier alpha value is -1.06. The number of benzene rings is 1. The Bertz CT molecular complexity index is 413. The molecule has 1 fully saturated rings. The van der Waals surface area contributed by atoms with Crippen LogP contribution in [0.15, 0.2) is 18.2 Å². The molecular weight excluding hydrogens is 224 g/mol. The fourth-order valence-electron chi connectivity index (χ4n) is 1.79. The van der Waals surface area contributed by atoms with E-state index >= 15 is 0 Å². The highest BCUT2D eigenvalue weighted by Gasteiger charge is 2.31. The molecule has 0 spiro atoms. The van der Waals surface area contributed by atoms with E-state index in [0.29, 0.717) is 5.02 Å². The van der Waals surface area contributed by atoms with Gasteiger partial charge in [-0.05, 0) is 37.5 Å². The molecule has 1 aliphatic carbocycles. The first-order valence-electron chi connectivity index (χ1n) is 5.39. The van der Waals surface area contributed by atoms with Crippen molar-refractivity contribution < 1.29 is 4.79 Å². The summed E-state index contributed by atoms with van der Waals surface area (Å²) in [6.07, 6.45) is 1.57. The molecule has 1 amide bonds. The highest BCUT2D eigenvalue weighted by atomic mass is 35.5. The molecule has 0 saturated heterocycles. The average molecular weight is 239 g/mol. The number of rotatable bonds is 2. The summed E-state index contributed by atoms with van der Waals surface area (Å²) >= 11 is 5.98. The summed E-state index contributed by atoms with van der Waals surface area (Å²) in [6, 6.07) is 5.72. The van der Waals surface area contributed by atoms with E-state index in [1.165, 1.54) is 0 Å². The number of halogens is 1. The van der Waals surface area contributed by atoms with Gasteiger partial charge in [0, 0.05) is 22.7 Å². The van der Waals surface area contributed by atoms with Crippen LogP contribution in [0.2, 0.25) is 5.02 Å². The number of anilines is 1. The molecule has 3 N–H and O–H groups in total. The third-order valence-electron chi connectivity index (χ3n) is 2.98. The lowest BCUT2D eigenvalue weighted by Gasteiger charge is -2.31. The average Bonchev–Trinajstić information content (AvgIpc) is 2.19. The van der Waals surface area contributed by atoms with Crippen LogP contribution < -0.4 is 11.1 Å². The molecule has 0 bridgehead atoms. The van der Waals surface area contributed by atoms with Crippen molar-refractivity contribution in [3.05, 3.63) is 28.8 Å². The van der Waals surface area contributed by atoms with Gasteiger partial charge in [-0.15, -0.1) is 0 Å². The molecule has 0 atom stereocenters. The van der Waals surface area contributed by atoms with Crippen molar-refractivity contribution in [1.82, 2.24) is 0 Å². The zero-order chi connectivity index (χ0) is 11.7. The number of hydrogen-bond acceptors (Lipinski definition) is 2. The van der Waals surface area contributed by atoms with E-state index in [1.807, 2.05) is 19.1 Å². The Balaban J connectivity index is 1.98. The van der Waals surface area contributed by atoms with Gasteiger partial charge in [0.15, 0.2) is 0 Å². The van der Waals surface area contributed by atoms with Gasteiger partial charge in [-0.1, -0.05) is 17.7 Å². The standard InChI is InChI=1S/C12H15ClN2O/c1-7-2-3-10(6-11(7)13)15-12(16)8-4-9(14)5-8/h2-3,6,8-9H,4-5,14H2,1H3,(H,15,16). The summed E-state index contributed by atoms with van der Waals surface area (Å²) < 4.78 is 0. The highest BCUT2D eigenvalue weighted by Crippen LogP contribution is 2.27. The topological polar surface area (TPSA) is 55.1 Å². The van der Waals surface area contributed by atoms with E-state index in [2.05, 4.69) is 5.32 Å². The minimum Gasteiger partial charge on any atom is -0.328 e. The fraction of sp³-hybridized carbons (Fsp3) is 0.417. The van der Waals surface area contributed by atoms with E-state index in [9.17, 15) is 4.79 Å². The van der Waals surface area contributed by atoms with Crippen LogP contribution in [-0.4, -0.2) is 11.9 Å². The fourth-order valence-corrected chi connectivity index (χ4v) is 1.97. The predicted molar refractivity (Wildman–Crippen MR) is 65.5 cm³/mol. The van der Waals surface area contributed by atoms with Crippen LogP contribution in [0.25, 0.3) is 0 Å². The van der Waals surface area contributed by atoms with Crippen molar-refractivity contribution in [3.63, 3.8) is 0 Å². The maximum absolute atomic E-state index is 11.7. The van der Waals surface area contributed by atoms with Gasteiger partial charge in [0.2, 0.25) is 5.91 Å². The number of carbonyl (C=O) groups excluding carboxylic acids is 1. The summed E-state index contributed by atoms with van der Waals surface area (Å²) in [7, 11) is 0. The van der Waals surface area contributed by atoms with Gasteiger partial charge in [-0.3, -0.25) is 4.79 Å². The molecule has 0 heterocycles. The smallest absolute Gasteiger partial charge is 0.227 e. The molecule has 1 aromatic rings. The lowest BCUT2D eigenvalue weighted by Crippen LogP contribution is -2.42. The van der Waals surface area contributed by atoms with Crippen LogP contribution in [0.4, 0.5) is 5.69 Å². The van der Waals surface area contributed by atoms with Crippen LogP contribution in [0.5, 0.6) is 0 Å². The number of nitrogens with one attached hydrogen (secondary N) is 1. The molecule has 86 valence electrons. The second kappa shape index (κ2) is 4.44. The quantitative estimate of drug-likeness (QED) is 0.831. The lowest BCUT2D eigenvalue weighted by atomic mass is 9.80. The van der Waals surface area contributed by atoms with Gasteiger partial charge in [-0.2, -0.15) is 0 Å². The van der Waals surface area contributed by atoms with Gasteiger partial charge in [0.1, 0.15) is 0 Å². The Labute approximate surface area is 100.0 Å². The zero-order valence-electron chi connectivity index (χ0n) is 9.16. The number of nitrogens with two attached hydrogens (primary N) is 1. The molecule has 1 aromatic carbocycles. The highest BCUT2D eigenvalue weighted by molar-refractivity contribution is 6.31. The summed E-state index contributed by atoms with van der Waals surface area (Å²) in [6.45, 7) is 1.93. The third-order valence-corrected chi connectivity index (χ3v) is 3.39. The molecule has 0 radical (unpaired) electrons. The van der Waals surface area contributed by atoms with Gasteiger partial charge in [0.25, 0.3) is 0 Å².